The molecular formula is C11H9Cl2N5O3. The van der Waals surface area contributed by atoms with Gasteiger partial charge in [0.1, 0.15) is 0 Å². The van der Waals surface area contributed by atoms with Gasteiger partial charge in [-0.1, -0.05) is 11.6 Å². The molecule has 2 aromatic rings. The Kier molecular flexibility index (Phi) is 4.39. The second-order valence-electron chi connectivity index (χ2n) is 4.06. The van der Waals surface area contributed by atoms with Gasteiger partial charge in [-0.15, -0.1) is 0 Å². The van der Waals surface area contributed by atoms with Crippen LogP contribution in [0.25, 0.3) is 0 Å². The van der Waals surface area contributed by atoms with E-state index >= 15 is 0 Å². The summed E-state index contributed by atoms with van der Waals surface area (Å²) in [6.07, 6.45) is 0. The van der Waals surface area contributed by atoms with Gasteiger partial charge >= 0.3 is 6.01 Å². The van der Waals surface area contributed by atoms with E-state index in [4.69, 9.17) is 27.9 Å². The van der Waals surface area contributed by atoms with Crippen molar-refractivity contribution in [2.75, 3.05) is 19.0 Å². The molecule has 0 aliphatic carbocycles. The Hall–Kier alpha value is -2.19. The van der Waals surface area contributed by atoms with E-state index in [0.717, 1.165) is 0 Å². The first-order valence-electron chi connectivity index (χ1n) is 5.57. The van der Waals surface area contributed by atoms with Gasteiger partial charge in [0, 0.05) is 20.2 Å². The quantitative estimate of drug-likeness (QED) is 0.628. The van der Waals surface area contributed by atoms with E-state index in [1.54, 1.807) is 19.0 Å². The van der Waals surface area contributed by atoms with Crippen molar-refractivity contribution in [2.45, 2.75) is 0 Å². The van der Waals surface area contributed by atoms with Crippen molar-refractivity contribution in [1.82, 2.24) is 15.0 Å². The molecule has 0 amide bonds. The molecule has 0 spiro atoms. The largest absolute Gasteiger partial charge is 0.422 e. The molecule has 0 fully saturated rings. The van der Waals surface area contributed by atoms with Gasteiger partial charge in [-0.25, -0.2) is 0 Å². The minimum absolute atomic E-state index is 0.0536. The molecule has 1 aromatic heterocycles. The number of benzene rings is 1. The van der Waals surface area contributed by atoms with Crippen LogP contribution in [-0.2, 0) is 0 Å². The molecule has 0 N–H and O–H groups in total. The Morgan fingerprint density at radius 3 is 2.57 bits per heavy atom. The first kappa shape index (κ1) is 15.2. The number of hydrogen-bond donors (Lipinski definition) is 0. The number of anilines is 1. The summed E-state index contributed by atoms with van der Waals surface area (Å²) in [7, 11) is 3.44. The Morgan fingerprint density at radius 2 is 1.95 bits per heavy atom. The van der Waals surface area contributed by atoms with Gasteiger partial charge in [-0.3, -0.25) is 10.1 Å². The van der Waals surface area contributed by atoms with Crippen LogP contribution in [0.2, 0.25) is 10.3 Å². The normalized spacial score (nSPS) is 10.3. The number of nitro benzene ring substituents is 1. The van der Waals surface area contributed by atoms with Crippen LogP contribution in [0.15, 0.2) is 18.2 Å². The third-order valence-corrected chi connectivity index (χ3v) is 2.78. The lowest BCUT2D eigenvalue weighted by atomic mass is 10.3. The Labute approximate surface area is 129 Å². The van der Waals surface area contributed by atoms with Crippen LogP contribution in [0.5, 0.6) is 11.8 Å². The number of non-ortho nitro benzene ring substituents is 1. The van der Waals surface area contributed by atoms with Gasteiger partial charge in [-0.05, 0) is 17.7 Å². The topological polar surface area (TPSA) is 94.3 Å². The number of halogens is 2. The molecule has 0 atom stereocenters. The predicted molar refractivity (Wildman–Crippen MR) is 77.3 cm³/mol. The third-order valence-electron chi connectivity index (χ3n) is 2.30. The highest BCUT2D eigenvalue weighted by Gasteiger charge is 2.14. The van der Waals surface area contributed by atoms with Crippen LogP contribution < -0.4 is 9.64 Å². The zero-order valence-corrected chi connectivity index (χ0v) is 12.5. The number of rotatable bonds is 4. The molecule has 1 heterocycles. The lowest BCUT2D eigenvalue weighted by Crippen LogP contribution is -2.13. The standard InChI is InChI=1S/C11H9Cl2N5O3/c1-17(2)10-14-9(13)15-11(16-10)21-8-5-6(18(19)20)3-4-7(8)12/h3-5H,1-2H3. The van der Waals surface area contributed by atoms with E-state index in [9.17, 15) is 10.1 Å². The smallest absolute Gasteiger partial charge is 0.328 e. The molecule has 21 heavy (non-hydrogen) atoms. The fourth-order valence-corrected chi connectivity index (χ4v) is 1.65. The zero-order valence-electron chi connectivity index (χ0n) is 10.9. The molecule has 2 rings (SSSR count). The summed E-state index contributed by atoms with van der Waals surface area (Å²) in [6.45, 7) is 0. The van der Waals surface area contributed by atoms with Crippen LogP contribution in [0.4, 0.5) is 11.6 Å². The van der Waals surface area contributed by atoms with Crippen molar-refractivity contribution in [2.24, 2.45) is 0 Å². The summed E-state index contributed by atoms with van der Waals surface area (Å²) in [5, 5.41) is 10.9. The molecule has 0 aliphatic heterocycles. The van der Waals surface area contributed by atoms with Crippen molar-refractivity contribution < 1.29 is 9.66 Å². The average Bonchev–Trinajstić information content (AvgIpc) is 2.40. The van der Waals surface area contributed by atoms with Crippen molar-refractivity contribution in [3.63, 3.8) is 0 Å². The van der Waals surface area contributed by atoms with E-state index in [1.807, 2.05) is 0 Å². The van der Waals surface area contributed by atoms with E-state index in [-0.39, 0.29) is 33.7 Å². The monoisotopic (exact) mass is 329 g/mol. The fourth-order valence-electron chi connectivity index (χ4n) is 1.35. The molecule has 0 saturated heterocycles. The maximum atomic E-state index is 10.8. The van der Waals surface area contributed by atoms with Gasteiger partial charge in [0.15, 0.2) is 5.75 Å². The van der Waals surface area contributed by atoms with Crippen LogP contribution in [-0.4, -0.2) is 34.0 Å². The fraction of sp³-hybridized carbons (Fsp3) is 0.182. The molecule has 0 radical (unpaired) electrons. The van der Waals surface area contributed by atoms with E-state index in [0.29, 0.717) is 0 Å². The minimum Gasteiger partial charge on any atom is -0.422 e. The number of ether oxygens (including phenoxy) is 1. The molecular weight excluding hydrogens is 321 g/mol. The van der Waals surface area contributed by atoms with Gasteiger partial charge in [0.25, 0.3) is 5.69 Å². The molecule has 0 saturated carbocycles. The van der Waals surface area contributed by atoms with Crippen molar-refractivity contribution >= 4 is 34.8 Å². The molecule has 8 nitrogen and oxygen atoms in total. The summed E-state index contributed by atoms with van der Waals surface area (Å²) in [5.41, 5.74) is -0.164. The number of hydrogen-bond acceptors (Lipinski definition) is 7. The average molecular weight is 330 g/mol. The maximum absolute atomic E-state index is 10.8. The van der Waals surface area contributed by atoms with E-state index in [1.165, 1.54) is 18.2 Å². The maximum Gasteiger partial charge on any atom is 0.328 e. The number of nitro groups is 1. The van der Waals surface area contributed by atoms with Crippen LogP contribution in [0, 0.1) is 10.1 Å². The molecule has 1 aromatic carbocycles. The highest BCUT2D eigenvalue weighted by molar-refractivity contribution is 6.32. The lowest BCUT2D eigenvalue weighted by molar-refractivity contribution is -0.384. The Bertz CT molecular complexity index is 696. The Balaban J connectivity index is 2.38. The minimum atomic E-state index is -0.561. The van der Waals surface area contributed by atoms with Crippen LogP contribution >= 0.6 is 23.2 Å². The number of nitrogens with zero attached hydrogens (tertiary/aromatic N) is 5. The lowest BCUT2D eigenvalue weighted by Gasteiger charge is -2.11. The highest BCUT2D eigenvalue weighted by atomic mass is 35.5. The van der Waals surface area contributed by atoms with Crippen molar-refractivity contribution in [1.29, 1.82) is 0 Å². The van der Waals surface area contributed by atoms with Crippen LogP contribution in [0.1, 0.15) is 0 Å². The molecule has 110 valence electrons. The summed E-state index contributed by atoms with van der Waals surface area (Å²) >= 11 is 11.7. The van der Waals surface area contributed by atoms with Crippen molar-refractivity contribution in [3.8, 4) is 11.8 Å². The second-order valence-corrected chi connectivity index (χ2v) is 4.80. The number of aromatic nitrogens is 3. The summed E-state index contributed by atoms with van der Waals surface area (Å²) in [5.74, 6) is 0.337. The molecule has 0 unspecified atom stereocenters. The van der Waals surface area contributed by atoms with Gasteiger partial charge in [0.05, 0.1) is 16.0 Å². The SMILES string of the molecule is CN(C)c1nc(Cl)nc(Oc2cc([N+](=O)[O-])ccc2Cl)n1. The third kappa shape index (κ3) is 3.67. The van der Waals surface area contributed by atoms with E-state index < -0.39 is 4.92 Å². The van der Waals surface area contributed by atoms with Crippen molar-refractivity contribution in [3.05, 3.63) is 38.6 Å². The molecule has 0 bridgehead atoms. The van der Waals surface area contributed by atoms with Crippen LogP contribution in [0.3, 0.4) is 0 Å². The van der Waals surface area contributed by atoms with Gasteiger partial charge < -0.3 is 9.64 Å². The zero-order chi connectivity index (χ0) is 15.6. The highest BCUT2D eigenvalue weighted by Crippen LogP contribution is 2.32. The first-order valence-corrected chi connectivity index (χ1v) is 6.33. The predicted octanol–water partition coefficient (Wildman–Crippen LogP) is 2.94. The Morgan fingerprint density at radius 1 is 1.24 bits per heavy atom. The molecule has 10 heteroatoms. The second kappa shape index (κ2) is 6.06. The van der Waals surface area contributed by atoms with E-state index in [2.05, 4.69) is 15.0 Å². The first-order chi connectivity index (χ1) is 9.86. The summed E-state index contributed by atoms with van der Waals surface area (Å²) in [4.78, 5) is 23.5. The van der Waals surface area contributed by atoms with Gasteiger partial charge in [-0.2, -0.15) is 15.0 Å². The summed E-state index contributed by atoms with van der Waals surface area (Å²) in [6, 6.07) is 3.68. The van der Waals surface area contributed by atoms with Gasteiger partial charge in [0.2, 0.25) is 11.2 Å². The molecule has 0 aliphatic rings. The summed E-state index contributed by atoms with van der Waals surface area (Å²) < 4.78 is 5.36.